The Morgan fingerprint density at radius 3 is 2.72 bits per heavy atom. The van der Waals surface area contributed by atoms with E-state index in [1.807, 2.05) is 30.3 Å². The third-order valence-corrected chi connectivity index (χ3v) is 4.01. The maximum absolute atomic E-state index is 13.2. The first-order valence-corrected chi connectivity index (χ1v) is 8.92. The van der Waals surface area contributed by atoms with Gasteiger partial charge in [0.2, 0.25) is 11.8 Å². The topological polar surface area (TPSA) is 80.1 Å². The van der Waals surface area contributed by atoms with Gasteiger partial charge in [-0.1, -0.05) is 41.6 Å². The number of nitrogens with zero attached hydrogens (tertiary/aromatic N) is 4. The Morgan fingerprint density at radius 1 is 1.17 bits per heavy atom. The number of likely N-dealkylation sites (N-methyl/N-ethyl adjacent to an activating group) is 1. The van der Waals surface area contributed by atoms with Gasteiger partial charge in [0, 0.05) is 18.8 Å². The molecule has 8 heteroatoms. The molecule has 1 heterocycles. The van der Waals surface area contributed by atoms with Crippen molar-refractivity contribution >= 4 is 23.6 Å². The van der Waals surface area contributed by atoms with Gasteiger partial charge in [-0.3, -0.25) is 9.59 Å². The minimum Gasteiger partial charge on any atom is -0.333 e. The minimum atomic E-state index is -0.449. The van der Waals surface area contributed by atoms with Crippen molar-refractivity contribution in [1.29, 1.82) is 0 Å². The number of amides is 2. The first-order valence-electron chi connectivity index (χ1n) is 8.92. The van der Waals surface area contributed by atoms with Crippen molar-refractivity contribution in [2.75, 3.05) is 18.9 Å². The maximum atomic E-state index is 13.2. The van der Waals surface area contributed by atoms with Crippen LogP contribution in [0.15, 0.2) is 66.9 Å². The van der Waals surface area contributed by atoms with E-state index < -0.39 is 11.7 Å². The number of halogens is 1. The molecule has 1 N–H and O–H groups in total. The predicted molar refractivity (Wildman–Crippen MR) is 107 cm³/mol. The summed E-state index contributed by atoms with van der Waals surface area (Å²) in [6, 6.07) is 15.4. The molecular weight excluding hydrogens is 373 g/mol. The third kappa shape index (κ3) is 6.10. The highest BCUT2D eigenvalue weighted by Crippen LogP contribution is 2.09. The van der Waals surface area contributed by atoms with Crippen LogP contribution in [-0.4, -0.2) is 45.3 Å². The molecule has 0 aliphatic rings. The molecule has 0 aliphatic carbocycles. The minimum absolute atomic E-state index is 0.166. The van der Waals surface area contributed by atoms with E-state index in [2.05, 4.69) is 15.6 Å². The van der Waals surface area contributed by atoms with Crippen molar-refractivity contribution in [3.63, 3.8) is 0 Å². The van der Waals surface area contributed by atoms with E-state index in [4.69, 9.17) is 0 Å². The summed E-state index contributed by atoms with van der Waals surface area (Å²) in [6.07, 6.45) is 4.59. The molecule has 2 aromatic carbocycles. The van der Waals surface area contributed by atoms with Gasteiger partial charge in [-0.15, -0.1) is 5.10 Å². The number of nitrogens with one attached hydrogen (secondary N) is 1. The largest absolute Gasteiger partial charge is 0.333 e. The van der Waals surface area contributed by atoms with Gasteiger partial charge in [0.05, 0.1) is 19.3 Å². The number of carbonyl (C=O) groups is 2. The van der Waals surface area contributed by atoms with Crippen LogP contribution in [0, 0.1) is 5.82 Å². The smallest absolute Gasteiger partial charge is 0.246 e. The Hall–Kier alpha value is -3.81. The summed E-state index contributed by atoms with van der Waals surface area (Å²) in [6.45, 7) is 0.413. The van der Waals surface area contributed by atoms with Crippen LogP contribution in [0.3, 0.4) is 0 Å². The number of anilines is 1. The Labute approximate surface area is 167 Å². The molecule has 0 saturated heterocycles. The van der Waals surface area contributed by atoms with Crippen molar-refractivity contribution in [3.8, 4) is 0 Å². The van der Waals surface area contributed by atoms with Gasteiger partial charge in [-0.2, -0.15) is 0 Å². The van der Waals surface area contributed by atoms with Crippen molar-refractivity contribution in [2.24, 2.45) is 0 Å². The molecule has 0 radical (unpaired) electrons. The van der Waals surface area contributed by atoms with Gasteiger partial charge in [0.25, 0.3) is 0 Å². The van der Waals surface area contributed by atoms with Crippen LogP contribution in [0.4, 0.5) is 10.1 Å². The number of hydrogen-bond acceptors (Lipinski definition) is 4. The summed E-state index contributed by atoms with van der Waals surface area (Å²) in [5.74, 6) is -1.24. The van der Waals surface area contributed by atoms with Crippen molar-refractivity contribution in [3.05, 3.63) is 83.9 Å². The normalized spacial score (nSPS) is 10.8. The number of carbonyl (C=O) groups excluding carboxylic acids is 2. The van der Waals surface area contributed by atoms with Crippen LogP contribution < -0.4 is 5.32 Å². The van der Waals surface area contributed by atoms with Crippen LogP contribution >= 0.6 is 0 Å². The van der Waals surface area contributed by atoms with Gasteiger partial charge >= 0.3 is 0 Å². The number of benzene rings is 2. The molecule has 1 aromatic heterocycles. The van der Waals surface area contributed by atoms with E-state index in [1.165, 1.54) is 42.3 Å². The molecule has 3 aromatic rings. The lowest BCUT2D eigenvalue weighted by molar-refractivity contribution is -0.129. The fourth-order valence-corrected chi connectivity index (χ4v) is 2.58. The van der Waals surface area contributed by atoms with Gasteiger partial charge in [-0.25, -0.2) is 9.07 Å². The zero-order chi connectivity index (χ0) is 20.6. The molecule has 0 saturated carbocycles. The van der Waals surface area contributed by atoms with E-state index >= 15 is 0 Å². The highest BCUT2D eigenvalue weighted by atomic mass is 19.1. The monoisotopic (exact) mass is 393 g/mol. The first-order chi connectivity index (χ1) is 14.0. The summed E-state index contributed by atoms with van der Waals surface area (Å²) in [7, 11) is 1.50. The molecule has 29 heavy (non-hydrogen) atoms. The van der Waals surface area contributed by atoms with E-state index in [0.717, 1.165) is 5.56 Å². The standard InChI is InChI=1S/C21H20FN5O2/c1-26(15-20(28)23-18-9-5-8-17(22)12-18)21(29)11-10-19-14-27(25-24-19)13-16-6-3-2-4-7-16/h2-12,14H,13,15H2,1H3,(H,23,28)/b11-10+. The molecule has 7 nitrogen and oxygen atoms in total. The second-order valence-electron chi connectivity index (χ2n) is 6.41. The first kappa shape index (κ1) is 19.9. The van der Waals surface area contributed by atoms with Gasteiger partial charge < -0.3 is 10.2 Å². The molecule has 148 valence electrons. The molecular formula is C21H20FN5O2. The van der Waals surface area contributed by atoms with Crippen molar-refractivity contribution in [2.45, 2.75) is 6.54 Å². The second kappa shape index (κ2) is 9.41. The van der Waals surface area contributed by atoms with E-state index in [1.54, 1.807) is 16.9 Å². The molecule has 2 amide bonds. The maximum Gasteiger partial charge on any atom is 0.246 e. The van der Waals surface area contributed by atoms with Crippen molar-refractivity contribution in [1.82, 2.24) is 19.9 Å². The number of rotatable bonds is 7. The van der Waals surface area contributed by atoms with Gasteiger partial charge in [0.1, 0.15) is 11.5 Å². The fourth-order valence-electron chi connectivity index (χ4n) is 2.58. The molecule has 0 fully saturated rings. The average Bonchev–Trinajstić information content (AvgIpc) is 3.14. The lowest BCUT2D eigenvalue weighted by atomic mass is 10.2. The average molecular weight is 393 g/mol. The Bertz CT molecular complexity index is 1020. The zero-order valence-corrected chi connectivity index (χ0v) is 15.8. The van der Waals surface area contributed by atoms with Gasteiger partial charge in [0.15, 0.2) is 0 Å². The quantitative estimate of drug-likeness (QED) is 0.626. The van der Waals surface area contributed by atoms with Crippen LogP contribution in [0.25, 0.3) is 6.08 Å². The second-order valence-corrected chi connectivity index (χ2v) is 6.41. The predicted octanol–water partition coefficient (Wildman–Crippen LogP) is 2.58. The van der Waals surface area contributed by atoms with Crippen LogP contribution in [-0.2, 0) is 16.1 Å². The lowest BCUT2D eigenvalue weighted by Crippen LogP contribution is -2.33. The van der Waals surface area contributed by atoms with E-state index in [-0.39, 0.29) is 12.5 Å². The lowest BCUT2D eigenvalue weighted by Gasteiger charge is -2.14. The number of hydrogen-bond donors (Lipinski definition) is 1. The molecule has 0 bridgehead atoms. The molecule has 0 atom stereocenters. The third-order valence-electron chi connectivity index (χ3n) is 4.01. The Balaban J connectivity index is 1.51. The van der Waals surface area contributed by atoms with Crippen LogP contribution in [0.5, 0.6) is 0 Å². The highest BCUT2D eigenvalue weighted by molar-refractivity contribution is 5.97. The Morgan fingerprint density at radius 2 is 1.97 bits per heavy atom. The van der Waals surface area contributed by atoms with E-state index in [9.17, 15) is 14.0 Å². The van der Waals surface area contributed by atoms with Crippen LogP contribution in [0.1, 0.15) is 11.3 Å². The summed E-state index contributed by atoms with van der Waals surface area (Å²) < 4.78 is 14.8. The SMILES string of the molecule is CN(CC(=O)Nc1cccc(F)c1)C(=O)/C=C/c1cn(Cc2ccccc2)nn1. The Kier molecular flexibility index (Phi) is 6.47. The molecule has 0 spiro atoms. The molecule has 0 unspecified atom stereocenters. The summed E-state index contributed by atoms with van der Waals surface area (Å²) in [5.41, 5.74) is 1.96. The molecule has 3 rings (SSSR count). The van der Waals surface area contributed by atoms with E-state index in [0.29, 0.717) is 17.9 Å². The fraction of sp³-hybridized carbons (Fsp3) is 0.143. The molecule has 0 aliphatic heterocycles. The summed E-state index contributed by atoms with van der Waals surface area (Å²) >= 11 is 0. The summed E-state index contributed by atoms with van der Waals surface area (Å²) in [5, 5.41) is 10.6. The summed E-state index contributed by atoms with van der Waals surface area (Å²) in [4.78, 5) is 25.5. The highest BCUT2D eigenvalue weighted by Gasteiger charge is 2.11. The zero-order valence-electron chi connectivity index (χ0n) is 15.8. The van der Waals surface area contributed by atoms with Gasteiger partial charge in [-0.05, 0) is 29.8 Å². The number of aromatic nitrogens is 3. The van der Waals surface area contributed by atoms with Crippen LogP contribution in [0.2, 0.25) is 0 Å². The van der Waals surface area contributed by atoms with Crippen molar-refractivity contribution < 1.29 is 14.0 Å².